The first-order valence-corrected chi connectivity index (χ1v) is 7.62. The van der Waals surface area contributed by atoms with Crippen LogP contribution in [-0.4, -0.2) is 5.11 Å². The average Bonchev–Trinajstić information content (AvgIpc) is 2.77. The molecule has 0 spiro atoms. The van der Waals surface area contributed by atoms with E-state index in [9.17, 15) is 5.11 Å². The Morgan fingerprint density at radius 3 is 2.65 bits per heavy atom. The zero-order chi connectivity index (χ0) is 14.4. The lowest BCUT2D eigenvalue weighted by molar-refractivity contribution is -0.00124. The number of hydrogen-bond donors (Lipinski definition) is 1. The van der Waals surface area contributed by atoms with Gasteiger partial charge in [0.05, 0.1) is 0 Å². The number of rotatable bonds is 1. The van der Waals surface area contributed by atoms with E-state index in [1.54, 1.807) is 0 Å². The fourth-order valence-electron chi connectivity index (χ4n) is 3.34. The van der Waals surface area contributed by atoms with Gasteiger partial charge in [0.2, 0.25) is 0 Å². The zero-order valence-corrected chi connectivity index (χ0v) is 12.7. The van der Waals surface area contributed by atoms with Gasteiger partial charge in [0, 0.05) is 5.39 Å². The van der Waals surface area contributed by atoms with Crippen LogP contribution in [0.4, 0.5) is 0 Å². The second-order valence-corrected chi connectivity index (χ2v) is 7.15. The monoisotopic (exact) mass is 272 g/mol. The lowest BCUT2D eigenvalue weighted by atomic mass is 9.84. The highest BCUT2D eigenvalue weighted by atomic mass is 16.4. The van der Waals surface area contributed by atoms with Gasteiger partial charge in [0.15, 0.2) is 0 Å². The van der Waals surface area contributed by atoms with Crippen molar-refractivity contribution in [2.45, 2.75) is 58.5 Å². The summed E-state index contributed by atoms with van der Waals surface area (Å²) in [5.74, 6) is 0.750. The molecule has 0 radical (unpaired) electrons. The molecule has 1 N–H and O–H groups in total. The normalized spacial score (nSPS) is 26.6. The number of benzene rings is 1. The largest absolute Gasteiger partial charge is 0.458 e. The van der Waals surface area contributed by atoms with Crippen molar-refractivity contribution < 1.29 is 9.52 Å². The van der Waals surface area contributed by atoms with Gasteiger partial charge >= 0.3 is 0 Å². The minimum absolute atomic E-state index is 0.326. The molecule has 3 rings (SSSR count). The molecule has 2 aromatic rings. The first kappa shape index (κ1) is 13.7. The van der Waals surface area contributed by atoms with Gasteiger partial charge in [-0.05, 0) is 56.1 Å². The molecule has 0 saturated heterocycles. The highest BCUT2D eigenvalue weighted by Gasteiger charge is 2.37. The molecule has 2 heteroatoms. The lowest BCUT2D eigenvalue weighted by Gasteiger charge is -2.25. The topological polar surface area (TPSA) is 33.4 Å². The molecule has 1 heterocycles. The van der Waals surface area contributed by atoms with Crippen molar-refractivity contribution >= 4 is 11.0 Å². The molecule has 1 saturated carbocycles. The summed E-state index contributed by atoms with van der Waals surface area (Å²) >= 11 is 0. The lowest BCUT2D eigenvalue weighted by Crippen LogP contribution is -2.24. The van der Waals surface area contributed by atoms with Gasteiger partial charge < -0.3 is 9.52 Å². The van der Waals surface area contributed by atoms with E-state index in [0.717, 1.165) is 48.0 Å². The van der Waals surface area contributed by atoms with Crippen molar-refractivity contribution in [2.75, 3.05) is 0 Å². The fraction of sp³-hybridized carbons (Fsp3) is 0.556. The molecule has 1 unspecified atom stereocenters. The van der Waals surface area contributed by atoms with Crippen molar-refractivity contribution in [1.29, 1.82) is 0 Å². The van der Waals surface area contributed by atoms with Gasteiger partial charge in [-0.25, -0.2) is 0 Å². The summed E-state index contributed by atoms with van der Waals surface area (Å²) in [6.45, 7) is 6.64. The van der Waals surface area contributed by atoms with Gasteiger partial charge in [-0.15, -0.1) is 0 Å². The van der Waals surface area contributed by atoms with Crippen LogP contribution in [0.25, 0.3) is 11.0 Å². The summed E-state index contributed by atoms with van der Waals surface area (Å²) in [5.41, 5.74) is 1.58. The van der Waals surface area contributed by atoms with Crippen LogP contribution in [0.3, 0.4) is 0 Å². The average molecular weight is 272 g/mol. The van der Waals surface area contributed by atoms with Gasteiger partial charge in [-0.3, -0.25) is 0 Å². The number of aryl methyl sites for hydroxylation is 1. The Hall–Kier alpha value is -1.28. The van der Waals surface area contributed by atoms with Gasteiger partial charge in [-0.2, -0.15) is 0 Å². The van der Waals surface area contributed by atoms with Crippen LogP contribution in [0.5, 0.6) is 0 Å². The molecular weight excluding hydrogens is 248 g/mol. The van der Waals surface area contributed by atoms with Crippen molar-refractivity contribution in [2.24, 2.45) is 5.41 Å². The first-order valence-electron chi connectivity index (χ1n) is 7.62. The Balaban J connectivity index is 1.99. The molecule has 0 amide bonds. The van der Waals surface area contributed by atoms with Crippen molar-refractivity contribution in [1.82, 2.24) is 0 Å². The Kier molecular flexibility index (Phi) is 3.17. The molecule has 1 atom stereocenters. The number of para-hydroxylation sites is 1. The van der Waals surface area contributed by atoms with Crippen LogP contribution in [0.15, 0.2) is 28.7 Å². The highest BCUT2D eigenvalue weighted by molar-refractivity contribution is 5.81. The second kappa shape index (κ2) is 4.63. The zero-order valence-electron chi connectivity index (χ0n) is 12.7. The number of furan rings is 1. The van der Waals surface area contributed by atoms with E-state index in [0.29, 0.717) is 5.41 Å². The summed E-state index contributed by atoms with van der Waals surface area (Å²) in [7, 11) is 0. The minimum Gasteiger partial charge on any atom is -0.458 e. The molecule has 1 aromatic carbocycles. The van der Waals surface area contributed by atoms with Gasteiger partial charge in [-0.1, -0.05) is 32.0 Å². The van der Waals surface area contributed by atoms with Crippen LogP contribution in [0.2, 0.25) is 0 Å². The summed E-state index contributed by atoms with van der Waals surface area (Å²) in [5, 5.41) is 12.1. The fourth-order valence-corrected chi connectivity index (χ4v) is 3.34. The van der Waals surface area contributed by atoms with Crippen molar-refractivity contribution in [3.63, 3.8) is 0 Å². The van der Waals surface area contributed by atoms with Crippen LogP contribution in [0.1, 0.15) is 57.3 Å². The van der Waals surface area contributed by atoms with E-state index < -0.39 is 5.60 Å². The van der Waals surface area contributed by atoms with Crippen molar-refractivity contribution in [3.05, 3.63) is 35.6 Å². The third kappa shape index (κ3) is 2.37. The van der Waals surface area contributed by atoms with Crippen LogP contribution < -0.4 is 0 Å². The predicted octanol–water partition coefficient (Wildman–Crippen LogP) is 4.92. The molecular formula is C18H24O2. The van der Waals surface area contributed by atoms with Crippen molar-refractivity contribution in [3.8, 4) is 0 Å². The summed E-state index contributed by atoms with van der Waals surface area (Å²) in [6, 6.07) is 8.17. The highest BCUT2D eigenvalue weighted by Crippen LogP contribution is 2.44. The van der Waals surface area contributed by atoms with Gasteiger partial charge in [0.25, 0.3) is 0 Å². The summed E-state index contributed by atoms with van der Waals surface area (Å²) in [6.07, 6.45) is 4.86. The molecule has 108 valence electrons. The smallest absolute Gasteiger partial charge is 0.137 e. The Morgan fingerprint density at radius 1 is 1.10 bits per heavy atom. The maximum Gasteiger partial charge on any atom is 0.137 e. The first-order chi connectivity index (χ1) is 9.40. The predicted molar refractivity (Wildman–Crippen MR) is 81.7 cm³/mol. The molecule has 0 aliphatic heterocycles. The van der Waals surface area contributed by atoms with Gasteiger partial charge in [0.1, 0.15) is 16.9 Å². The molecule has 20 heavy (non-hydrogen) atoms. The van der Waals surface area contributed by atoms with E-state index in [2.05, 4.69) is 32.9 Å². The second-order valence-electron chi connectivity index (χ2n) is 7.15. The molecule has 1 aliphatic rings. The molecule has 1 aromatic heterocycles. The number of hydrogen-bond acceptors (Lipinski definition) is 2. The molecule has 1 aliphatic carbocycles. The maximum absolute atomic E-state index is 11.1. The molecule has 2 nitrogen and oxygen atoms in total. The third-order valence-corrected chi connectivity index (χ3v) is 4.86. The van der Waals surface area contributed by atoms with E-state index in [1.165, 1.54) is 6.42 Å². The van der Waals surface area contributed by atoms with E-state index in [4.69, 9.17) is 4.42 Å². The van der Waals surface area contributed by atoms with Crippen LogP contribution in [0, 0.1) is 12.3 Å². The van der Waals surface area contributed by atoms with E-state index >= 15 is 0 Å². The molecule has 0 bridgehead atoms. The Labute approximate surface area is 120 Å². The summed E-state index contributed by atoms with van der Waals surface area (Å²) < 4.78 is 6.02. The standard InChI is InChI=1S/C18H24O2/c1-13-6-4-7-14-12-15(20-16(13)14)18(19)9-5-8-17(2,3)10-11-18/h4,6-7,12,19H,5,8-11H2,1-3H3. The minimum atomic E-state index is -0.792. The number of fused-ring (bicyclic) bond motifs is 1. The quantitative estimate of drug-likeness (QED) is 0.747. The Bertz CT molecular complexity index is 623. The number of aliphatic hydroxyl groups is 1. The van der Waals surface area contributed by atoms with E-state index in [1.807, 2.05) is 12.1 Å². The van der Waals surface area contributed by atoms with E-state index in [-0.39, 0.29) is 0 Å². The maximum atomic E-state index is 11.1. The molecule has 1 fully saturated rings. The van der Waals surface area contributed by atoms with Crippen LogP contribution >= 0.6 is 0 Å². The Morgan fingerprint density at radius 2 is 1.90 bits per heavy atom. The third-order valence-electron chi connectivity index (χ3n) is 4.86. The SMILES string of the molecule is Cc1cccc2cc(C3(O)CCCC(C)(C)CC3)oc12. The van der Waals surface area contributed by atoms with Crippen LogP contribution in [-0.2, 0) is 5.60 Å². The summed E-state index contributed by atoms with van der Waals surface area (Å²) in [4.78, 5) is 0.